The van der Waals surface area contributed by atoms with Gasteiger partial charge in [-0.25, -0.2) is 0 Å². The highest BCUT2D eigenvalue weighted by Crippen LogP contribution is 2.25. The molecule has 1 aliphatic heterocycles. The predicted molar refractivity (Wildman–Crippen MR) is 68.5 cm³/mol. The SMILES string of the molecule is CCC(=N)N1CC(C)C(c2ccccc2O)=N1. The van der Waals surface area contributed by atoms with Crippen LogP contribution in [-0.2, 0) is 0 Å². The molecular formula is C13H17N3O. The van der Waals surface area contributed by atoms with Crippen molar-refractivity contribution in [3.8, 4) is 5.75 Å². The minimum atomic E-state index is 0.232. The maximum Gasteiger partial charge on any atom is 0.124 e. The summed E-state index contributed by atoms with van der Waals surface area (Å²) in [5.74, 6) is 1.00. The van der Waals surface area contributed by atoms with Crippen molar-refractivity contribution in [2.75, 3.05) is 6.54 Å². The molecule has 1 heterocycles. The van der Waals surface area contributed by atoms with Gasteiger partial charge < -0.3 is 5.11 Å². The van der Waals surface area contributed by atoms with Crippen LogP contribution in [0.15, 0.2) is 29.4 Å². The van der Waals surface area contributed by atoms with Crippen LogP contribution in [0.1, 0.15) is 25.8 Å². The maximum atomic E-state index is 9.82. The molecule has 0 bridgehead atoms. The fourth-order valence-electron chi connectivity index (χ4n) is 1.98. The van der Waals surface area contributed by atoms with Crippen molar-refractivity contribution in [3.05, 3.63) is 29.8 Å². The summed E-state index contributed by atoms with van der Waals surface area (Å²) < 4.78 is 0. The maximum absolute atomic E-state index is 9.82. The van der Waals surface area contributed by atoms with Crippen LogP contribution >= 0.6 is 0 Å². The molecule has 0 spiro atoms. The van der Waals surface area contributed by atoms with Gasteiger partial charge in [0.2, 0.25) is 0 Å². The lowest BCUT2D eigenvalue weighted by molar-refractivity contribution is 0.445. The second-order valence-electron chi connectivity index (χ2n) is 4.29. The van der Waals surface area contributed by atoms with E-state index in [1.165, 1.54) is 0 Å². The van der Waals surface area contributed by atoms with E-state index < -0.39 is 0 Å². The Bertz CT molecular complexity index is 467. The van der Waals surface area contributed by atoms with Crippen molar-refractivity contribution in [2.24, 2.45) is 11.0 Å². The number of amidine groups is 1. The van der Waals surface area contributed by atoms with Gasteiger partial charge >= 0.3 is 0 Å². The molecule has 4 heteroatoms. The first-order valence-electron chi connectivity index (χ1n) is 5.85. The third-order valence-electron chi connectivity index (χ3n) is 2.97. The number of aromatic hydroxyl groups is 1. The number of nitrogens with zero attached hydrogens (tertiary/aromatic N) is 2. The summed E-state index contributed by atoms with van der Waals surface area (Å²) in [6.45, 7) is 4.73. The molecule has 0 saturated carbocycles. The standard InChI is InChI=1S/C13H17N3O/c1-3-12(14)16-8-9(2)13(15-16)10-6-4-5-7-11(10)17/h4-7,9,14,17H,3,8H2,1-2H3. The molecule has 0 saturated heterocycles. The molecule has 0 aliphatic carbocycles. The number of hydrogen-bond acceptors (Lipinski definition) is 3. The lowest BCUT2D eigenvalue weighted by atomic mass is 9.99. The van der Waals surface area contributed by atoms with E-state index in [4.69, 9.17) is 5.41 Å². The van der Waals surface area contributed by atoms with Crippen LogP contribution in [0.25, 0.3) is 0 Å². The molecule has 1 unspecified atom stereocenters. The number of rotatable bonds is 2. The largest absolute Gasteiger partial charge is 0.507 e. The minimum Gasteiger partial charge on any atom is -0.507 e. The van der Waals surface area contributed by atoms with Gasteiger partial charge in [-0.1, -0.05) is 26.0 Å². The van der Waals surface area contributed by atoms with E-state index in [9.17, 15) is 5.11 Å². The Morgan fingerprint density at radius 2 is 2.24 bits per heavy atom. The monoisotopic (exact) mass is 231 g/mol. The van der Waals surface area contributed by atoms with Crippen LogP contribution in [0.5, 0.6) is 5.75 Å². The number of hydrazone groups is 1. The molecule has 2 N–H and O–H groups in total. The highest BCUT2D eigenvalue weighted by molar-refractivity contribution is 6.06. The molecular weight excluding hydrogens is 214 g/mol. The second kappa shape index (κ2) is 4.57. The van der Waals surface area contributed by atoms with E-state index in [0.29, 0.717) is 12.3 Å². The van der Waals surface area contributed by atoms with Gasteiger partial charge in [-0.15, -0.1) is 0 Å². The Hall–Kier alpha value is -1.84. The fraction of sp³-hybridized carbons (Fsp3) is 0.385. The Labute approximate surface area is 101 Å². The van der Waals surface area contributed by atoms with Gasteiger partial charge in [-0.3, -0.25) is 10.4 Å². The second-order valence-corrected chi connectivity index (χ2v) is 4.29. The number of benzene rings is 1. The number of nitrogens with one attached hydrogen (secondary N) is 1. The van der Waals surface area contributed by atoms with Gasteiger partial charge in [0.15, 0.2) is 0 Å². The van der Waals surface area contributed by atoms with Gasteiger partial charge in [0.05, 0.1) is 12.3 Å². The van der Waals surface area contributed by atoms with Gasteiger partial charge in [0.1, 0.15) is 11.6 Å². The van der Waals surface area contributed by atoms with E-state index in [1.807, 2.05) is 19.1 Å². The van der Waals surface area contributed by atoms with Crippen LogP contribution in [0.2, 0.25) is 0 Å². The van der Waals surface area contributed by atoms with Gasteiger partial charge in [-0.05, 0) is 12.1 Å². The van der Waals surface area contributed by atoms with Crippen molar-refractivity contribution in [3.63, 3.8) is 0 Å². The van der Waals surface area contributed by atoms with Crippen molar-refractivity contribution in [1.29, 1.82) is 5.41 Å². The van der Waals surface area contributed by atoms with Crippen molar-refractivity contribution >= 4 is 11.5 Å². The van der Waals surface area contributed by atoms with E-state index >= 15 is 0 Å². The zero-order valence-electron chi connectivity index (χ0n) is 10.1. The van der Waals surface area contributed by atoms with Crippen LogP contribution in [0.4, 0.5) is 0 Å². The molecule has 0 radical (unpaired) electrons. The van der Waals surface area contributed by atoms with Gasteiger partial charge in [0, 0.05) is 17.9 Å². The molecule has 0 aromatic heterocycles. The lowest BCUT2D eigenvalue weighted by Gasteiger charge is -2.13. The highest BCUT2D eigenvalue weighted by Gasteiger charge is 2.26. The molecule has 90 valence electrons. The molecule has 1 aromatic rings. The number of hydrogen-bond donors (Lipinski definition) is 2. The quantitative estimate of drug-likeness (QED) is 0.606. The molecule has 1 aliphatic rings. The summed E-state index contributed by atoms with van der Waals surface area (Å²) in [5, 5.41) is 23.8. The fourth-order valence-corrected chi connectivity index (χ4v) is 1.98. The molecule has 17 heavy (non-hydrogen) atoms. The Kier molecular flexibility index (Phi) is 3.13. The average molecular weight is 231 g/mol. The van der Waals surface area contributed by atoms with Crippen LogP contribution in [-0.4, -0.2) is 28.2 Å². The highest BCUT2D eigenvalue weighted by atomic mass is 16.3. The third kappa shape index (κ3) is 2.16. The summed E-state index contributed by atoms with van der Waals surface area (Å²) in [5.41, 5.74) is 1.63. The number of para-hydroxylation sites is 1. The van der Waals surface area contributed by atoms with Crippen LogP contribution < -0.4 is 0 Å². The van der Waals surface area contributed by atoms with Crippen molar-refractivity contribution < 1.29 is 5.11 Å². The Morgan fingerprint density at radius 3 is 2.88 bits per heavy atom. The van der Waals surface area contributed by atoms with Crippen LogP contribution in [0, 0.1) is 11.3 Å². The Morgan fingerprint density at radius 1 is 1.53 bits per heavy atom. The molecule has 4 nitrogen and oxygen atoms in total. The lowest BCUT2D eigenvalue weighted by Crippen LogP contribution is -2.23. The summed E-state index contributed by atoms with van der Waals surface area (Å²) >= 11 is 0. The molecule has 0 fully saturated rings. The summed E-state index contributed by atoms with van der Waals surface area (Å²) in [6.07, 6.45) is 0.671. The molecule has 1 atom stereocenters. The molecule has 0 amide bonds. The third-order valence-corrected chi connectivity index (χ3v) is 2.97. The number of phenolic OH excluding ortho intramolecular Hbond substituents is 1. The van der Waals surface area contributed by atoms with E-state index in [0.717, 1.165) is 17.8 Å². The first-order chi connectivity index (χ1) is 8.13. The summed E-state index contributed by atoms with van der Waals surface area (Å²) in [6, 6.07) is 7.21. The van der Waals surface area contributed by atoms with Gasteiger partial charge in [-0.2, -0.15) is 5.10 Å². The zero-order valence-corrected chi connectivity index (χ0v) is 10.1. The summed E-state index contributed by atoms with van der Waals surface area (Å²) in [7, 11) is 0. The van der Waals surface area contributed by atoms with Crippen molar-refractivity contribution in [1.82, 2.24) is 5.01 Å². The molecule has 2 rings (SSSR count). The predicted octanol–water partition coefficient (Wildman–Crippen LogP) is 2.44. The normalized spacial score (nSPS) is 19.3. The van der Waals surface area contributed by atoms with Gasteiger partial charge in [0.25, 0.3) is 0 Å². The first kappa shape index (κ1) is 11.6. The Balaban J connectivity index is 2.33. The topological polar surface area (TPSA) is 59.7 Å². The average Bonchev–Trinajstić information content (AvgIpc) is 2.71. The smallest absolute Gasteiger partial charge is 0.124 e. The summed E-state index contributed by atoms with van der Waals surface area (Å²) in [4.78, 5) is 0. The van der Waals surface area contributed by atoms with Crippen LogP contribution in [0.3, 0.4) is 0 Å². The van der Waals surface area contributed by atoms with E-state index in [2.05, 4.69) is 12.0 Å². The number of phenols is 1. The van der Waals surface area contributed by atoms with Crippen molar-refractivity contribution in [2.45, 2.75) is 20.3 Å². The van der Waals surface area contributed by atoms with E-state index in [-0.39, 0.29) is 11.7 Å². The zero-order chi connectivity index (χ0) is 12.4. The first-order valence-corrected chi connectivity index (χ1v) is 5.85. The van der Waals surface area contributed by atoms with E-state index in [1.54, 1.807) is 17.1 Å². The minimum absolute atomic E-state index is 0.232. The molecule has 1 aromatic carbocycles.